The molecule has 0 radical (unpaired) electrons. The Hall–Kier alpha value is -0.810. The van der Waals surface area contributed by atoms with Crippen molar-refractivity contribution in [1.82, 2.24) is 10.6 Å². The zero-order chi connectivity index (χ0) is 15.7. The van der Waals surface area contributed by atoms with Crippen LogP contribution in [0.5, 0.6) is 0 Å². The van der Waals surface area contributed by atoms with Gasteiger partial charge in [-0.05, 0) is 72.3 Å². The van der Waals surface area contributed by atoms with E-state index in [4.69, 9.17) is 9.84 Å². The SMILES string of the molecule is CC(C)(C)OC(=O)NC1CCCC(NCCCCCO)C1. The second-order valence-corrected chi connectivity index (χ2v) is 6.95. The van der Waals surface area contributed by atoms with Crippen LogP contribution in [-0.2, 0) is 4.74 Å². The fraction of sp³-hybridized carbons (Fsp3) is 0.938. The van der Waals surface area contributed by atoms with E-state index in [2.05, 4.69) is 10.6 Å². The van der Waals surface area contributed by atoms with Gasteiger partial charge in [0.15, 0.2) is 0 Å². The Labute approximate surface area is 128 Å². The van der Waals surface area contributed by atoms with Crippen LogP contribution < -0.4 is 10.6 Å². The maximum absolute atomic E-state index is 11.8. The molecule has 0 saturated heterocycles. The van der Waals surface area contributed by atoms with Gasteiger partial charge in [0.25, 0.3) is 0 Å². The number of aliphatic hydroxyl groups excluding tert-OH is 1. The van der Waals surface area contributed by atoms with E-state index in [0.717, 1.165) is 45.1 Å². The van der Waals surface area contributed by atoms with Crippen LogP contribution >= 0.6 is 0 Å². The van der Waals surface area contributed by atoms with Crippen LogP contribution in [0, 0.1) is 0 Å². The third-order valence-corrected chi connectivity index (χ3v) is 3.66. The number of unbranched alkanes of at least 4 members (excludes halogenated alkanes) is 2. The van der Waals surface area contributed by atoms with Crippen LogP contribution in [0.2, 0.25) is 0 Å². The summed E-state index contributed by atoms with van der Waals surface area (Å²) < 4.78 is 5.31. The Balaban J connectivity index is 2.21. The molecule has 5 nitrogen and oxygen atoms in total. The molecule has 3 N–H and O–H groups in total. The average Bonchev–Trinajstić information content (AvgIpc) is 2.36. The Morgan fingerprint density at radius 1 is 1.19 bits per heavy atom. The largest absolute Gasteiger partial charge is 0.444 e. The summed E-state index contributed by atoms with van der Waals surface area (Å²) in [6.45, 7) is 6.91. The van der Waals surface area contributed by atoms with Crippen molar-refractivity contribution >= 4 is 6.09 Å². The van der Waals surface area contributed by atoms with E-state index in [9.17, 15) is 4.79 Å². The van der Waals surface area contributed by atoms with Gasteiger partial charge in [0, 0.05) is 18.7 Å². The molecule has 2 atom stereocenters. The molecule has 0 bridgehead atoms. The topological polar surface area (TPSA) is 70.6 Å². The zero-order valence-corrected chi connectivity index (χ0v) is 13.8. The molecule has 0 aliphatic heterocycles. The molecule has 1 aliphatic carbocycles. The van der Waals surface area contributed by atoms with Crippen molar-refractivity contribution in [1.29, 1.82) is 0 Å². The highest BCUT2D eigenvalue weighted by Gasteiger charge is 2.25. The third kappa shape index (κ3) is 8.94. The molecule has 1 rings (SSSR count). The molecule has 0 aromatic carbocycles. The number of hydrogen-bond acceptors (Lipinski definition) is 4. The quantitative estimate of drug-likeness (QED) is 0.632. The average molecular weight is 300 g/mol. The molecule has 5 heteroatoms. The molecule has 1 fully saturated rings. The highest BCUT2D eigenvalue weighted by Crippen LogP contribution is 2.19. The minimum absolute atomic E-state index is 0.212. The van der Waals surface area contributed by atoms with Crippen LogP contribution in [0.1, 0.15) is 65.7 Å². The molecule has 2 unspecified atom stereocenters. The van der Waals surface area contributed by atoms with E-state index in [-0.39, 0.29) is 18.7 Å². The minimum Gasteiger partial charge on any atom is -0.444 e. The van der Waals surface area contributed by atoms with Crippen molar-refractivity contribution < 1.29 is 14.6 Å². The first-order valence-electron chi connectivity index (χ1n) is 8.24. The first-order chi connectivity index (χ1) is 9.90. The molecule has 0 heterocycles. The van der Waals surface area contributed by atoms with Crippen LogP contribution in [-0.4, -0.2) is 42.0 Å². The highest BCUT2D eigenvalue weighted by atomic mass is 16.6. The van der Waals surface area contributed by atoms with E-state index in [1.54, 1.807) is 0 Å². The number of rotatable bonds is 7. The number of aliphatic hydroxyl groups is 1. The maximum atomic E-state index is 11.8. The van der Waals surface area contributed by atoms with Crippen molar-refractivity contribution in [3.8, 4) is 0 Å². The predicted octanol–water partition coefficient (Wildman–Crippen LogP) is 2.57. The smallest absolute Gasteiger partial charge is 0.407 e. The summed E-state index contributed by atoms with van der Waals surface area (Å²) in [5, 5.41) is 15.3. The van der Waals surface area contributed by atoms with E-state index >= 15 is 0 Å². The molecule has 21 heavy (non-hydrogen) atoms. The molecule has 1 amide bonds. The molecule has 124 valence electrons. The Morgan fingerprint density at radius 2 is 1.90 bits per heavy atom. The molecule has 0 aromatic heterocycles. The number of amides is 1. The van der Waals surface area contributed by atoms with Gasteiger partial charge in [-0.3, -0.25) is 0 Å². The van der Waals surface area contributed by atoms with Crippen molar-refractivity contribution in [3.05, 3.63) is 0 Å². The van der Waals surface area contributed by atoms with Gasteiger partial charge >= 0.3 is 6.09 Å². The number of carbonyl (C=O) groups is 1. The third-order valence-electron chi connectivity index (χ3n) is 3.66. The van der Waals surface area contributed by atoms with Gasteiger partial charge in [0.2, 0.25) is 0 Å². The van der Waals surface area contributed by atoms with Crippen molar-refractivity contribution in [2.75, 3.05) is 13.2 Å². The lowest BCUT2D eigenvalue weighted by molar-refractivity contribution is 0.0488. The van der Waals surface area contributed by atoms with Gasteiger partial charge < -0.3 is 20.5 Å². The second kappa shape index (κ2) is 9.26. The fourth-order valence-corrected chi connectivity index (χ4v) is 2.70. The van der Waals surface area contributed by atoms with Crippen LogP contribution in [0.3, 0.4) is 0 Å². The highest BCUT2D eigenvalue weighted by molar-refractivity contribution is 5.68. The first kappa shape index (κ1) is 18.2. The number of carbonyl (C=O) groups excluding carboxylic acids is 1. The lowest BCUT2D eigenvalue weighted by atomic mass is 9.91. The van der Waals surface area contributed by atoms with Crippen molar-refractivity contribution in [2.24, 2.45) is 0 Å². The Kier molecular flexibility index (Phi) is 8.04. The molecule has 0 spiro atoms. The molecule has 0 aromatic rings. The zero-order valence-electron chi connectivity index (χ0n) is 13.8. The van der Waals surface area contributed by atoms with E-state index < -0.39 is 5.60 Å². The van der Waals surface area contributed by atoms with E-state index in [0.29, 0.717) is 6.04 Å². The van der Waals surface area contributed by atoms with E-state index in [1.807, 2.05) is 20.8 Å². The lowest BCUT2D eigenvalue weighted by Crippen LogP contribution is -2.45. The van der Waals surface area contributed by atoms with E-state index in [1.165, 1.54) is 6.42 Å². The molecular weight excluding hydrogens is 268 g/mol. The molecule has 1 saturated carbocycles. The normalized spacial score (nSPS) is 22.9. The fourth-order valence-electron chi connectivity index (χ4n) is 2.70. The summed E-state index contributed by atoms with van der Waals surface area (Å²) in [4.78, 5) is 11.8. The Morgan fingerprint density at radius 3 is 2.57 bits per heavy atom. The summed E-state index contributed by atoms with van der Waals surface area (Å²) in [5.41, 5.74) is -0.441. The number of ether oxygens (including phenoxy) is 1. The number of alkyl carbamates (subject to hydrolysis) is 1. The molecular formula is C16H32N2O3. The van der Waals surface area contributed by atoms with Gasteiger partial charge in [0.05, 0.1) is 0 Å². The summed E-state index contributed by atoms with van der Waals surface area (Å²) >= 11 is 0. The second-order valence-electron chi connectivity index (χ2n) is 6.95. The van der Waals surface area contributed by atoms with Gasteiger partial charge in [-0.1, -0.05) is 0 Å². The maximum Gasteiger partial charge on any atom is 0.407 e. The summed E-state index contributed by atoms with van der Waals surface area (Å²) in [7, 11) is 0. The summed E-state index contributed by atoms with van der Waals surface area (Å²) in [6.07, 6.45) is 7.05. The van der Waals surface area contributed by atoms with Gasteiger partial charge in [-0.25, -0.2) is 4.79 Å². The van der Waals surface area contributed by atoms with Gasteiger partial charge in [0.1, 0.15) is 5.60 Å². The summed E-state index contributed by atoms with van der Waals surface area (Å²) in [5.74, 6) is 0. The lowest BCUT2D eigenvalue weighted by Gasteiger charge is -2.31. The molecule has 1 aliphatic rings. The first-order valence-corrected chi connectivity index (χ1v) is 8.24. The van der Waals surface area contributed by atoms with Crippen LogP contribution in [0.15, 0.2) is 0 Å². The standard InChI is InChI=1S/C16H32N2O3/c1-16(2,3)21-15(20)18-14-9-7-8-13(12-14)17-10-5-4-6-11-19/h13-14,17,19H,4-12H2,1-3H3,(H,18,20). The number of nitrogens with one attached hydrogen (secondary N) is 2. The Bertz CT molecular complexity index is 302. The number of hydrogen-bond donors (Lipinski definition) is 3. The monoisotopic (exact) mass is 300 g/mol. The minimum atomic E-state index is -0.441. The van der Waals surface area contributed by atoms with Crippen molar-refractivity contribution in [2.45, 2.75) is 83.4 Å². The summed E-state index contributed by atoms with van der Waals surface area (Å²) in [6, 6.07) is 0.691. The predicted molar refractivity (Wildman–Crippen MR) is 84.4 cm³/mol. The van der Waals surface area contributed by atoms with Crippen LogP contribution in [0.25, 0.3) is 0 Å². The van der Waals surface area contributed by atoms with Crippen molar-refractivity contribution in [3.63, 3.8) is 0 Å². The van der Waals surface area contributed by atoms with Crippen LogP contribution in [0.4, 0.5) is 4.79 Å². The van der Waals surface area contributed by atoms with Gasteiger partial charge in [-0.2, -0.15) is 0 Å². The van der Waals surface area contributed by atoms with Gasteiger partial charge in [-0.15, -0.1) is 0 Å².